The van der Waals surface area contributed by atoms with Crippen LogP contribution in [0.1, 0.15) is 18.9 Å². The summed E-state index contributed by atoms with van der Waals surface area (Å²) in [5, 5.41) is 0.739. The van der Waals surface area contributed by atoms with Crippen LogP contribution in [0, 0.1) is 5.92 Å². The third-order valence-electron chi connectivity index (χ3n) is 4.96. The summed E-state index contributed by atoms with van der Waals surface area (Å²) in [6, 6.07) is 7.73. The monoisotopic (exact) mass is 343 g/mol. The molecule has 3 rings (SSSR count). The standard InChI is InChI=1S/C16H22ClNO3S/c1-2-21-10-14-7-8-22(19,20)16(14)11-18(12-16)9-13-5-3-4-6-15(13)17/h3-6,14H,2,7-12H2,1H3. The van der Waals surface area contributed by atoms with Gasteiger partial charge in [-0.3, -0.25) is 4.90 Å². The van der Waals surface area contributed by atoms with Gasteiger partial charge in [-0.15, -0.1) is 0 Å². The van der Waals surface area contributed by atoms with Crippen molar-refractivity contribution in [3.8, 4) is 0 Å². The molecule has 0 bridgehead atoms. The van der Waals surface area contributed by atoms with E-state index in [0.29, 0.717) is 38.6 Å². The fraction of sp³-hybridized carbons (Fsp3) is 0.625. The molecule has 1 unspecified atom stereocenters. The zero-order valence-electron chi connectivity index (χ0n) is 12.8. The van der Waals surface area contributed by atoms with Crippen molar-refractivity contribution in [1.82, 2.24) is 4.90 Å². The molecule has 0 radical (unpaired) electrons. The molecular formula is C16H22ClNO3S. The second-order valence-corrected chi connectivity index (χ2v) is 9.12. The fourth-order valence-electron chi connectivity index (χ4n) is 3.66. The number of ether oxygens (including phenoxy) is 1. The van der Waals surface area contributed by atoms with Gasteiger partial charge in [0.15, 0.2) is 9.84 Å². The number of hydrogen-bond donors (Lipinski definition) is 0. The third-order valence-corrected chi connectivity index (χ3v) is 7.93. The summed E-state index contributed by atoms with van der Waals surface area (Å²) in [4.78, 5) is 2.17. The number of likely N-dealkylation sites (tertiary alicyclic amines) is 1. The van der Waals surface area contributed by atoms with Gasteiger partial charge in [-0.1, -0.05) is 29.8 Å². The lowest BCUT2D eigenvalue weighted by Crippen LogP contribution is -2.67. The van der Waals surface area contributed by atoms with Gasteiger partial charge >= 0.3 is 0 Å². The molecule has 6 heteroatoms. The number of benzene rings is 1. The first kappa shape index (κ1) is 16.2. The van der Waals surface area contributed by atoms with Crippen LogP contribution in [0.4, 0.5) is 0 Å². The van der Waals surface area contributed by atoms with Crippen LogP contribution in [0.5, 0.6) is 0 Å². The van der Waals surface area contributed by atoms with E-state index in [1.54, 1.807) is 0 Å². The molecule has 1 atom stereocenters. The van der Waals surface area contributed by atoms with Crippen LogP contribution < -0.4 is 0 Å². The summed E-state index contributed by atoms with van der Waals surface area (Å²) in [6.45, 7) is 5.03. The van der Waals surface area contributed by atoms with E-state index >= 15 is 0 Å². The molecule has 1 aromatic rings. The van der Waals surface area contributed by atoms with Gasteiger partial charge in [0.25, 0.3) is 0 Å². The van der Waals surface area contributed by atoms with Crippen molar-refractivity contribution in [1.29, 1.82) is 0 Å². The lowest BCUT2D eigenvalue weighted by atomic mass is 9.83. The molecule has 2 aliphatic rings. The van der Waals surface area contributed by atoms with Crippen molar-refractivity contribution in [2.24, 2.45) is 5.92 Å². The Kier molecular flexibility index (Phi) is 4.52. The highest BCUT2D eigenvalue weighted by atomic mass is 35.5. The molecular weight excluding hydrogens is 322 g/mol. The quantitative estimate of drug-likeness (QED) is 0.823. The van der Waals surface area contributed by atoms with Gasteiger partial charge < -0.3 is 4.74 Å². The molecule has 2 aliphatic heterocycles. The molecule has 0 aliphatic carbocycles. The van der Waals surface area contributed by atoms with E-state index < -0.39 is 14.6 Å². The van der Waals surface area contributed by atoms with Gasteiger partial charge in [-0.05, 0) is 25.0 Å². The first-order valence-corrected chi connectivity index (χ1v) is 9.77. The number of rotatable bonds is 5. The molecule has 1 aromatic carbocycles. The summed E-state index contributed by atoms with van der Waals surface area (Å²) in [7, 11) is -3.02. The molecule has 0 aromatic heterocycles. The average molecular weight is 344 g/mol. The van der Waals surface area contributed by atoms with E-state index in [9.17, 15) is 8.42 Å². The van der Waals surface area contributed by atoms with Crippen LogP contribution in [0.15, 0.2) is 24.3 Å². The Morgan fingerprint density at radius 3 is 2.77 bits per heavy atom. The molecule has 4 nitrogen and oxygen atoms in total. The zero-order chi connectivity index (χ0) is 15.8. The van der Waals surface area contributed by atoms with E-state index in [1.807, 2.05) is 31.2 Å². The average Bonchev–Trinajstić information content (AvgIpc) is 2.70. The predicted octanol–water partition coefficient (Wildman–Crippen LogP) is 2.37. The Bertz CT molecular complexity index is 641. The summed E-state index contributed by atoms with van der Waals surface area (Å²) in [5.74, 6) is 0.421. The first-order chi connectivity index (χ1) is 10.5. The zero-order valence-corrected chi connectivity index (χ0v) is 14.4. The summed E-state index contributed by atoms with van der Waals surface area (Å²) >= 11 is 6.19. The molecule has 2 heterocycles. The number of hydrogen-bond acceptors (Lipinski definition) is 4. The largest absolute Gasteiger partial charge is 0.381 e. The minimum Gasteiger partial charge on any atom is -0.381 e. The Labute approximate surface area is 137 Å². The Morgan fingerprint density at radius 2 is 2.09 bits per heavy atom. The lowest BCUT2D eigenvalue weighted by molar-refractivity contribution is 0.0292. The Balaban J connectivity index is 1.70. The van der Waals surface area contributed by atoms with Crippen LogP contribution in [-0.2, 0) is 21.1 Å². The van der Waals surface area contributed by atoms with Gasteiger partial charge in [0.1, 0.15) is 4.75 Å². The smallest absolute Gasteiger partial charge is 0.158 e. The van der Waals surface area contributed by atoms with Crippen molar-refractivity contribution in [2.75, 3.05) is 32.1 Å². The predicted molar refractivity (Wildman–Crippen MR) is 87.8 cm³/mol. The van der Waals surface area contributed by atoms with E-state index in [0.717, 1.165) is 17.0 Å². The maximum atomic E-state index is 12.5. The second-order valence-electron chi connectivity index (χ2n) is 6.27. The topological polar surface area (TPSA) is 46.6 Å². The fourth-order valence-corrected chi connectivity index (χ4v) is 6.31. The van der Waals surface area contributed by atoms with E-state index in [2.05, 4.69) is 4.90 Å². The van der Waals surface area contributed by atoms with Crippen molar-refractivity contribution < 1.29 is 13.2 Å². The van der Waals surface area contributed by atoms with Gasteiger partial charge in [-0.2, -0.15) is 0 Å². The highest BCUT2D eigenvalue weighted by Crippen LogP contribution is 2.45. The first-order valence-electron chi connectivity index (χ1n) is 7.74. The highest BCUT2D eigenvalue weighted by molar-refractivity contribution is 7.93. The van der Waals surface area contributed by atoms with Crippen molar-refractivity contribution in [2.45, 2.75) is 24.6 Å². The molecule has 1 spiro atoms. The van der Waals surface area contributed by atoms with Crippen molar-refractivity contribution in [3.63, 3.8) is 0 Å². The van der Waals surface area contributed by atoms with E-state index in [1.165, 1.54) is 0 Å². The van der Waals surface area contributed by atoms with E-state index in [4.69, 9.17) is 16.3 Å². The molecule has 0 N–H and O–H groups in total. The Hall–Kier alpha value is -0.620. The van der Waals surface area contributed by atoms with Crippen LogP contribution in [0.25, 0.3) is 0 Å². The normalized spacial score (nSPS) is 26.2. The maximum absolute atomic E-state index is 12.5. The second kappa shape index (κ2) is 6.11. The van der Waals surface area contributed by atoms with Gasteiger partial charge in [0, 0.05) is 37.2 Å². The minimum atomic E-state index is -3.02. The molecule has 0 amide bonds. The number of sulfone groups is 1. The Morgan fingerprint density at radius 1 is 1.36 bits per heavy atom. The molecule has 122 valence electrons. The third kappa shape index (κ3) is 2.68. The molecule has 2 fully saturated rings. The van der Waals surface area contributed by atoms with Gasteiger partial charge in [-0.25, -0.2) is 8.42 Å². The number of nitrogens with zero attached hydrogens (tertiary/aromatic N) is 1. The SMILES string of the molecule is CCOCC1CCS(=O)(=O)C12CN(Cc1ccccc1Cl)C2. The maximum Gasteiger partial charge on any atom is 0.158 e. The molecule has 0 saturated carbocycles. The van der Waals surface area contributed by atoms with E-state index in [-0.39, 0.29) is 5.92 Å². The van der Waals surface area contributed by atoms with Crippen LogP contribution in [-0.4, -0.2) is 50.1 Å². The summed E-state index contributed by atoms with van der Waals surface area (Å²) in [6.07, 6.45) is 0.724. The van der Waals surface area contributed by atoms with Crippen molar-refractivity contribution >= 4 is 21.4 Å². The van der Waals surface area contributed by atoms with Crippen LogP contribution in [0.3, 0.4) is 0 Å². The summed E-state index contributed by atoms with van der Waals surface area (Å²) < 4.78 is 29.9. The number of halogens is 1. The van der Waals surface area contributed by atoms with Gasteiger partial charge in [0.2, 0.25) is 0 Å². The van der Waals surface area contributed by atoms with Crippen LogP contribution in [0.2, 0.25) is 5.02 Å². The minimum absolute atomic E-state index is 0.125. The molecule has 22 heavy (non-hydrogen) atoms. The summed E-state index contributed by atoms with van der Waals surface area (Å²) in [5.41, 5.74) is 1.05. The highest BCUT2D eigenvalue weighted by Gasteiger charge is 2.61. The van der Waals surface area contributed by atoms with Crippen molar-refractivity contribution in [3.05, 3.63) is 34.9 Å². The molecule has 2 saturated heterocycles. The van der Waals surface area contributed by atoms with Crippen LogP contribution >= 0.6 is 11.6 Å². The lowest BCUT2D eigenvalue weighted by Gasteiger charge is -2.50. The van der Waals surface area contributed by atoms with Gasteiger partial charge in [0.05, 0.1) is 12.4 Å².